The van der Waals surface area contributed by atoms with Gasteiger partial charge in [0.25, 0.3) is 0 Å². The highest BCUT2D eigenvalue weighted by atomic mass is 35.5. The van der Waals surface area contributed by atoms with Crippen molar-refractivity contribution in [3.8, 4) is 11.1 Å². The number of aromatic nitrogens is 1. The van der Waals surface area contributed by atoms with Gasteiger partial charge in [-0.05, 0) is 60.2 Å². The Hall–Kier alpha value is -2.32. The lowest BCUT2D eigenvalue weighted by molar-refractivity contribution is -0.138. The van der Waals surface area contributed by atoms with Crippen molar-refractivity contribution in [3.05, 3.63) is 51.5 Å². The van der Waals surface area contributed by atoms with Crippen LogP contribution in [0.2, 0.25) is 5.02 Å². The van der Waals surface area contributed by atoms with Crippen LogP contribution in [0.1, 0.15) is 41.7 Å². The standard InChI is InChI=1S/C25H24ClN3O3S/c26-16-10-15-2-1-6-25(14-27-8-9-32-25)23(15)19(11-16)18-5-7-28-20-12-17(33-24(18)20)13-29-21(30)3-4-22(29)31/h5,7,10-12,27H,1-4,6,8-9,13-14H2. The van der Waals surface area contributed by atoms with Crippen molar-refractivity contribution in [2.75, 3.05) is 19.7 Å². The summed E-state index contributed by atoms with van der Waals surface area (Å²) < 4.78 is 7.51. The highest BCUT2D eigenvalue weighted by Crippen LogP contribution is 2.47. The maximum absolute atomic E-state index is 12.1. The van der Waals surface area contributed by atoms with E-state index in [1.165, 1.54) is 16.0 Å². The fourth-order valence-electron chi connectivity index (χ4n) is 5.51. The number of ether oxygens (including phenoxy) is 1. The van der Waals surface area contributed by atoms with Gasteiger partial charge in [-0.1, -0.05) is 11.6 Å². The zero-order valence-electron chi connectivity index (χ0n) is 18.2. The largest absolute Gasteiger partial charge is 0.368 e. The molecule has 3 aliphatic rings. The molecule has 8 heteroatoms. The Labute approximate surface area is 200 Å². The van der Waals surface area contributed by atoms with Gasteiger partial charge in [0.1, 0.15) is 5.60 Å². The number of carbonyl (C=O) groups is 2. The minimum absolute atomic E-state index is 0.0987. The maximum Gasteiger partial charge on any atom is 0.230 e. The Balaban J connectivity index is 1.49. The van der Waals surface area contributed by atoms with Crippen LogP contribution >= 0.6 is 22.9 Å². The third kappa shape index (κ3) is 3.58. The average Bonchev–Trinajstić information content (AvgIpc) is 3.37. The Morgan fingerprint density at radius 3 is 2.79 bits per heavy atom. The van der Waals surface area contributed by atoms with Crippen molar-refractivity contribution in [2.24, 2.45) is 0 Å². The van der Waals surface area contributed by atoms with Crippen molar-refractivity contribution in [1.82, 2.24) is 15.2 Å². The van der Waals surface area contributed by atoms with Gasteiger partial charge in [-0.3, -0.25) is 19.5 Å². The van der Waals surface area contributed by atoms with Crippen LogP contribution in [-0.4, -0.2) is 41.4 Å². The van der Waals surface area contributed by atoms with Crippen molar-refractivity contribution in [2.45, 2.75) is 44.2 Å². The first kappa shape index (κ1) is 21.2. The van der Waals surface area contributed by atoms with E-state index in [9.17, 15) is 9.59 Å². The van der Waals surface area contributed by atoms with Crippen LogP contribution in [0, 0.1) is 0 Å². The number of halogens is 1. The lowest BCUT2D eigenvalue weighted by Crippen LogP contribution is -2.49. The summed E-state index contributed by atoms with van der Waals surface area (Å²) in [6, 6.07) is 8.17. The molecule has 170 valence electrons. The van der Waals surface area contributed by atoms with E-state index in [2.05, 4.69) is 16.4 Å². The molecule has 0 bridgehead atoms. The van der Waals surface area contributed by atoms with Gasteiger partial charge >= 0.3 is 0 Å². The van der Waals surface area contributed by atoms with E-state index in [4.69, 9.17) is 16.3 Å². The number of morpholine rings is 1. The van der Waals surface area contributed by atoms with E-state index in [1.54, 1.807) is 11.3 Å². The molecule has 2 aliphatic heterocycles. The number of thiophene rings is 1. The van der Waals surface area contributed by atoms with Gasteiger partial charge in [-0.25, -0.2) is 0 Å². The van der Waals surface area contributed by atoms with Crippen LogP contribution < -0.4 is 5.32 Å². The predicted molar refractivity (Wildman–Crippen MR) is 128 cm³/mol. The molecule has 1 atom stereocenters. The van der Waals surface area contributed by atoms with E-state index in [0.29, 0.717) is 26.0 Å². The number of benzene rings is 1. The van der Waals surface area contributed by atoms with Crippen LogP contribution in [0.25, 0.3) is 21.3 Å². The van der Waals surface area contributed by atoms with Gasteiger partial charge < -0.3 is 10.1 Å². The number of hydrogen-bond donors (Lipinski definition) is 1. The number of fused-ring (bicyclic) bond motifs is 3. The molecule has 1 N–H and O–H groups in total. The van der Waals surface area contributed by atoms with Crippen LogP contribution in [0.3, 0.4) is 0 Å². The Bertz CT molecular complexity index is 1270. The third-order valence-corrected chi connectivity index (χ3v) is 8.32. The molecule has 3 aromatic rings. The quantitative estimate of drug-likeness (QED) is 0.561. The molecule has 33 heavy (non-hydrogen) atoms. The van der Waals surface area contributed by atoms with Crippen molar-refractivity contribution < 1.29 is 14.3 Å². The number of hydrogen-bond acceptors (Lipinski definition) is 6. The van der Waals surface area contributed by atoms with Gasteiger partial charge in [0, 0.05) is 47.6 Å². The number of rotatable bonds is 3. The van der Waals surface area contributed by atoms with Gasteiger partial charge in [0.2, 0.25) is 11.8 Å². The topological polar surface area (TPSA) is 71.5 Å². The summed E-state index contributed by atoms with van der Waals surface area (Å²) in [5.74, 6) is -0.197. The molecule has 4 heterocycles. The normalized spacial score (nSPS) is 23.0. The van der Waals surface area contributed by atoms with Crippen LogP contribution in [-0.2, 0) is 32.9 Å². The number of imide groups is 1. The maximum atomic E-state index is 12.1. The molecule has 2 saturated heterocycles. The minimum atomic E-state index is -0.351. The molecule has 6 nitrogen and oxygen atoms in total. The van der Waals surface area contributed by atoms with Gasteiger partial charge in [0.05, 0.1) is 23.4 Å². The zero-order chi connectivity index (χ0) is 22.6. The minimum Gasteiger partial charge on any atom is -0.368 e. The Morgan fingerprint density at radius 2 is 2.00 bits per heavy atom. The van der Waals surface area contributed by atoms with E-state index < -0.39 is 0 Å². The van der Waals surface area contributed by atoms with E-state index >= 15 is 0 Å². The lowest BCUT2D eigenvalue weighted by atomic mass is 9.74. The van der Waals surface area contributed by atoms with Gasteiger partial charge in [-0.2, -0.15) is 0 Å². The molecular weight excluding hydrogens is 458 g/mol. The second-order valence-corrected chi connectivity index (χ2v) is 10.6. The average molecular weight is 482 g/mol. The summed E-state index contributed by atoms with van der Waals surface area (Å²) in [6.07, 6.45) is 5.46. The number of aryl methyl sites for hydroxylation is 1. The summed E-state index contributed by atoms with van der Waals surface area (Å²) in [6.45, 7) is 2.65. The molecule has 1 aromatic carbocycles. The summed E-state index contributed by atoms with van der Waals surface area (Å²) in [5, 5.41) is 4.25. The molecular formula is C25H24ClN3O3S. The van der Waals surface area contributed by atoms with E-state index in [-0.39, 0.29) is 17.4 Å². The predicted octanol–water partition coefficient (Wildman–Crippen LogP) is 4.42. The van der Waals surface area contributed by atoms with Crippen molar-refractivity contribution in [3.63, 3.8) is 0 Å². The van der Waals surface area contributed by atoms with Crippen molar-refractivity contribution >= 4 is 45.0 Å². The SMILES string of the molecule is O=C1CCC(=O)N1Cc1cc2nccc(-c3cc(Cl)cc4c3C3(CCC4)CNCCO3)c2s1. The smallest absolute Gasteiger partial charge is 0.230 e. The van der Waals surface area contributed by atoms with Crippen LogP contribution in [0.4, 0.5) is 0 Å². The second-order valence-electron chi connectivity index (χ2n) is 9.02. The number of pyridine rings is 1. The van der Waals surface area contributed by atoms with Crippen LogP contribution in [0.15, 0.2) is 30.5 Å². The first-order chi connectivity index (χ1) is 16.0. The number of nitrogens with zero attached hydrogens (tertiary/aromatic N) is 2. The Kier molecular flexibility index (Phi) is 5.25. The summed E-state index contributed by atoms with van der Waals surface area (Å²) in [4.78, 5) is 31.1. The fourth-order valence-corrected chi connectivity index (χ4v) is 6.89. The highest BCUT2D eigenvalue weighted by molar-refractivity contribution is 7.19. The van der Waals surface area contributed by atoms with E-state index in [1.807, 2.05) is 24.4 Å². The molecule has 0 radical (unpaired) electrons. The molecule has 2 fully saturated rings. The summed E-state index contributed by atoms with van der Waals surface area (Å²) in [5.41, 5.74) is 5.17. The van der Waals surface area contributed by atoms with Gasteiger partial charge in [0.15, 0.2) is 0 Å². The number of nitrogens with one attached hydrogen (secondary N) is 1. The molecule has 2 aromatic heterocycles. The zero-order valence-corrected chi connectivity index (χ0v) is 19.7. The number of carbonyl (C=O) groups excluding carboxylic acids is 2. The summed E-state index contributed by atoms with van der Waals surface area (Å²) in [7, 11) is 0. The molecule has 1 spiro atoms. The molecule has 1 aliphatic carbocycles. The Morgan fingerprint density at radius 1 is 1.15 bits per heavy atom. The fraction of sp³-hybridized carbons (Fsp3) is 0.400. The molecule has 6 rings (SSSR count). The first-order valence-corrected chi connectivity index (χ1v) is 12.6. The highest BCUT2D eigenvalue weighted by Gasteiger charge is 2.41. The lowest BCUT2D eigenvalue weighted by Gasteiger charge is -2.43. The number of amides is 2. The number of likely N-dealkylation sites (tertiary alicyclic amines) is 1. The van der Waals surface area contributed by atoms with Crippen molar-refractivity contribution in [1.29, 1.82) is 0 Å². The molecule has 1 unspecified atom stereocenters. The van der Waals surface area contributed by atoms with Crippen LogP contribution in [0.5, 0.6) is 0 Å². The first-order valence-electron chi connectivity index (χ1n) is 11.4. The van der Waals surface area contributed by atoms with E-state index in [0.717, 1.165) is 63.6 Å². The third-order valence-electron chi connectivity index (χ3n) is 6.96. The second kappa shape index (κ2) is 8.17. The molecule has 0 saturated carbocycles. The summed E-state index contributed by atoms with van der Waals surface area (Å²) >= 11 is 8.20. The monoisotopic (exact) mass is 481 g/mol. The molecule has 2 amide bonds. The van der Waals surface area contributed by atoms with Gasteiger partial charge in [-0.15, -0.1) is 11.3 Å².